The summed E-state index contributed by atoms with van der Waals surface area (Å²) in [7, 11) is 0. The van der Waals surface area contributed by atoms with Crippen molar-refractivity contribution in [2.24, 2.45) is 0 Å². The van der Waals surface area contributed by atoms with Crippen LogP contribution in [-0.2, 0) is 4.74 Å². The largest absolute Gasteiger partial charge is 0.443 e. The minimum absolute atomic E-state index is 0.139. The third-order valence-electron chi connectivity index (χ3n) is 5.35. The van der Waals surface area contributed by atoms with Crippen LogP contribution in [0.1, 0.15) is 82.3 Å². The van der Waals surface area contributed by atoms with Crippen LogP contribution >= 0.6 is 0 Å². The molecule has 1 aromatic carbocycles. The van der Waals surface area contributed by atoms with Crippen LogP contribution in [0.2, 0.25) is 0 Å². The fraction of sp³-hybridized carbons (Fsp3) is 0.667. The van der Waals surface area contributed by atoms with E-state index in [9.17, 15) is 9.90 Å². The molecule has 0 spiro atoms. The number of hydrogen-bond acceptors (Lipinski definition) is 3. The number of carbonyl (C=O) groups excluding carboxylic acids is 1. The van der Waals surface area contributed by atoms with Gasteiger partial charge in [-0.2, -0.15) is 0 Å². The predicted octanol–water partition coefficient (Wildman–Crippen LogP) is 4.96. The first-order valence-corrected chi connectivity index (χ1v) is 9.64. The van der Waals surface area contributed by atoms with Gasteiger partial charge in [0.1, 0.15) is 5.60 Å². The third-order valence-corrected chi connectivity index (χ3v) is 5.35. The molecule has 1 heterocycles. The highest BCUT2D eigenvalue weighted by atomic mass is 16.6. The molecular formula is C21H31NO3. The molecule has 1 atom stereocenters. The maximum atomic E-state index is 12.6. The number of carbonyl (C=O) groups is 1. The highest BCUT2D eigenvalue weighted by molar-refractivity contribution is 5.91. The molecule has 4 nitrogen and oxygen atoms in total. The zero-order valence-electron chi connectivity index (χ0n) is 15.8. The quantitative estimate of drug-likeness (QED) is 0.843. The van der Waals surface area contributed by atoms with Crippen molar-refractivity contribution >= 4 is 11.8 Å². The summed E-state index contributed by atoms with van der Waals surface area (Å²) >= 11 is 0. The van der Waals surface area contributed by atoms with Crippen molar-refractivity contribution in [3.63, 3.8) is 0 Å². The Hall–Kier alpha value is -1.55. The Morgan fingerprint density at radius 3 is 2.60 bits per heavy atom. The van der Waals surface area contributed by atoms with Crippen molar-refractivity contribution < 1.29 is 14.6 Å². The Labute approximate surface area is 151 Å². The Balaban J connectivity index is 1.86. The Kier molecular flexibility index (Phi) is 5.38. The number of aliphatic hydroxyl groups is 1. The molecule has 0 radical (unpaired) electrons. The van der Waals surface area contributed by atoms with Gasteiger partial charge in [0, 0.05) is 19.1 Å². The maximum absolute atomic E-state index is 12.6. The number of aliphatic hydroxyl groups excluding tert-OH is 1. The number of ether oxygens (including phenoxy) is 1. The number of fused-ring (bicyclic) bond motifs is 1. The summed E-state index contributed by atoms with van der Waals surface area (Å²) in [6.07, 6.45) is 6.89. The fourth-order valence-corrected chi connectivity index (χ4v) is 4.15. The van der Waals surface area contributed by atoms with Crippen LogP contribution in [0, 0.1) is 0 Å². The standard InChI is InChI=1S/C21H31NO3/c1-21(2,3)25-20(24)22-14-17(11-12-23)18-13-16(9-10-19(18)22)15-7-5-4-6-8-15/h9-10,13,15,17,23H,4-8,11-12,14H2,1-3H3. The topological polar surface area (TPSA) is 49.8 Å². The lowest BCUT2D eigenvalue weighted by atomic mass is 9.82. The lowest BCUT2D eigenvalue weighted by Crippen LogP contribution is -2.36. The molecule has 1 fully saturated rings. The molecule has 1 saturated carbocycles. The van der Waals surface area contributed by atoms with Crippen LogP contribution in [0.25, 0.3) is 0 Å². The molecule has 3 rings (SSSR count). The number of rotatable bonds is 3. The molecule has 1 N–H and O–H groups in total. The third kappa shape index (κ3) is 4.17. The number of nitrogens with zero attached hydrogens (tertiary/aromatic N) is 1. The van der Waals surface area contributed by atoms with Gasteiger partial charge in [0.2, 0.25) is 0 Å². The van der Waals surface area contributed by atoms with Crippen LogP contribution in [0.5, 0.6) is 0 Å². The molecule has 1 amide bonds. The summed E-state index contributed by atoms with van der Waals surface area (Å²) < 4.78 is 5.58. The van der Waals surface area contributed by atoms with Gasteiger partial charge in [-0.3, -0.25) is 4.90 Å². The molecule has 0 saturated heterocycles. The Bertz CT molecular complexity index is 614. The highest BCUT2D eigenvalue weighted by Gasteiger charge is 2.35. The zero-order valence-corrected chi connectivity index (χ0v) is 15.8. The lowest BCUT2D eigenvalue weighted by molar-refractivity contribution is 0.0581. The van der Waals surface area contributed by atoms with Crippen molar-refractivity contribution in [1.29, 1.82) is 0 Å². The average Bonchev–Trinajstić information content (AvgIpc) is 2.93. The molecule has 2 aliphatic rings. The predicted molar refractivity (Wildman–Crippen MR) is 100 cm³/mol. The maximum Gasteiger partial charge on any atom is 0.414 e. The average molecular weight is 345 g/mol. The first kappa shape index (κ1) is 18.2. The lowest BCUT2D eigenvalue weighted by Gasteiger charge is -2.25. The van der Waals surface area contributed by atoms with Crippen LogP contribution < -0.4 is 4.90 Å². The summed E-state index contributed by atoms with van der Waals surface area (Å²) in [4.78, 5) is 14.3. The van der Waals surface area contributed by atoms with E-state index in [2.05, 4.69) is 18.2 Å². The molecule has 1 aliphatic carbocycles. The number of hydrogen-bond donors (Lipinski definition) is 1. The van der Waals surface area contributed by atoms with E-state index in [4.69, 9.17) is 4.74 Å². The monoisotopic (exact) mass is 345 g/mol. The van der Waals surface area contributed by atoms with Crippen LogP contribution in [0.3, 0.4) is 0 Å². The second kappa shape index (κ2) is 7.36. The summed E-state index contributed by atoms with van der Waals surface area (Å²) in [5, 5.41) is 9.45. The first-order valence-electron chi connectivity index (χ1n) is 9.64. The van der Waals surface area contributed by atoms with Crippen molar-refractivity contribution in [3.8, 4) is 0 Å². The van der Waals surface area contributed by atoms with Gasteiger partial charge >= 0.3 is 6.09 Å². The molecule has 25 heavy (non-hydrogen) atoms. The van der Waals surface area contributed by atoms with Gasteiger partial charge in [0.05, 0.1) is 5.69 Å². The number of benzene rings is 1. The van der Waals surface area contributed by atoms with E-state index in [1.54, 1.807) is 4.90 Å². The van der Waals surface area contributed by atoms with Gasteiger partial charge in [0.25, 0.3) is 0 Å². The second-order valence-electron chi connectivity index (χ2n) is 8.45. The molecule has 0 aromatic heterocycles. The van der Waals surface area contributed by atoms with Gasteiger partial charge < -0.3 is 9.84 Å². The van der Waals surface area contributed by atoms with Gasteiger partial charge in [0.15, 0.2) is 0 Å². The van der Waals surface area contributed by atoms with Crippen LogP contribution in [0.15, 0.2) is 18.2 Å². The summed E-state index contributed by atoms with van der Waals surface area (Å²) in [5.74, 6) is 0.834. The van der Waals surface area contributed by atoms with E-state index < -0.39 is 5.60 Å². The highest BCUT2D eigenvalue weighted by Crippen LogP contribution is 2.42. The molecule has 1 aliphatic heterocycles. The van der Waals surface area contributed by atoms with Gasteiger partial charge in [-0.15, -0.1) is 0 Å². The Morgan fingerprint density at radius 2 is 1.96 bits per heavy atom. The van der Waals surface area contributed by atoms with E-state index >= 15 is 0 Å². The van der Waals surface area contributed by atoms with E-state index in [1.807, 2.05) is 20.8 Å². The summed E-state index contributed by atoms with van der Waals surface area (Å²) in [6.45, 7) is 6.40. The van der Waals surface area contributed by atoms with Crippen molar-refractivity contribution in [1.82, 2.24) is 0 Å². The zero-order chi connectivity index (χ0) is 18.0. The normalized spacial score (nSPS) is 21.3. The minimum atomic E-state index is -0.506. The molecule has 0 bridgehead atoms. The van der Waals surface area contributed by atoms with E-state index in [1.165, 1.54) is 43.2 Å². The Morgan fingerprint density at radius 1 is 1.24 bits per heavy atom. The second-order valence-corrected chi connectivity index (χ2v) is 8.45. The molecule has 1 aromatic rings. The van der Waals surface area contributed by atoms with Gasteiger partial charge in [-0.25, -0.2) is 4.79 Å². The number of anilines is 1. The fourth-order valence-electron chi connectivity index (χ4n) is 4.15. The molecule has 4 heteroatoms. The van der Waals surface area contributed by atoms with Gasteiger partial charge in [-0.05, 0) is 63.1 Å². The van der Waals surface area contributed by atoms with Crippen molar-refractivity contribution in [2.45, 2.75) is 76.7 Å². The first-order chi connectivity index (χ1) is 11.9. The van der Waals surface area contributed by atoms with E-state index in [0.29, 0.717) is 18.9 Å². The van der Waals surface area contributed by atoms with Crippen LogP contribution in [-0.4, -0.2) is 30.0 Å². The van der Waals surface area contributed by atoms with Gasteiger partial charge in [-0.1, -0.05) is 31.4 Å². The van der Waals surface area contributed by atoms with E-state index in [-0.39, 0.29) is 18.6 Å². The van der Waals surface area contributed by atoms with Crippen molar-refractivity contribution in [2.75, 3.05) is 18.1 Å². The SMILES string of the molecule is CC(C)(C)OC(=O)N1CC(CCO)c2cc(C3CCCCC3)ccc21. The van der Waals surface area contributed by atoms with Crippen LogP contribution in [0.4, 0.5) is 10.5 Å². The smallest absolute Gasteiger partial charge is 0.414 e. The summed E-state index contributed by atoms with van der Waals surface area (Å²) in [6, 6.07) is 6.56. The molecule has 138 valence electrons. The molecule has 1 unspecified atom stereocenters. The molecular weight excluding hydrogens is 314 g/mol. The number of amides is 1. The van der Waals surface area contributed by atoms with Crippen molar-refractivity contribution in [3.05, 3.63) is 29.3 Å². The van der Waals surface area contributed by atoms with E-state index in [0.717, 1.165) is 5.69 Å². The summed E-state index contributed by atoms with van der Waals surface area (Å²) in [5.41, 5.74) is 3.04. The minimum Gasteiger partial charge on any atom is -0.443 e.